The molecule has 0 saturated carbocycles. The second kappa shape index (κ2) is 4.63. The Labute approximate surface area is 143 Å². The first-order chi connectivity index (χ1) is 11.7. The molecule has 24 heavy (non-hydrogen) atoms. The first kappa shape index (κ1) is 14.1. The van der Waals surface area contributed by atoms with Crippen molar-refractivity contribution in [3.8, 4) is 21.6 Å². The van der Waals surface area contributed by atoms with Crippen LogP contribution in [0.4, 0.5) is 0 Å². The quantitative estimate of drug-likeness (QED) is 0.503. The van der Waals surface area contributed by atoms with Gasteiger partial charge in [0.25, 0.3) is 5.79 Å². The molecule has 0 amide bonds. The molecule has 3 nitrogen and oxygen atoms in total. The fourth-order valence-electron chi connectivity index (χ4n) is 3.95. The monoisotopic (exact) mass is 334 g/mol. The molecule has 0 bridgehead atoms. The van der Waals surface area contributed by atoms with Crippen molar-refractivity contribution in [2.24, 2.45) is 0 Å². The van der Waals surface area contributed by atoms with Crippen LogP contribution in [0, 0.1) is 0 Å². The molecular weight excluding hydrogens is 320 g/mol. The summed E-state index contributed by atoms with van der Waals surface area (Å²) in [6.45, 7) is 0. The molecule has 0 unspecified atom stereocenters. The summed E-state index contributed by atoms with van der Waals surface area (Å²) >= 11 is 1.69. The van der Waals surface area contributed by atoms with Crippen molar-refractivity contribution in [3.63, 3.8) is 0 Å². The van der Waals surface area contributed by atoms with Gasteiger partial charge in [0.15, 0.2) is 0 Å². The predicted octanol–water partition coefficient (Wildman–Crippen LogP) is 4.59. The van der Waals surface area contributed by atoms with Crippen molar-refractivity contribution in [3.05, 3.63) is 52.9 Å². The van der Waals surface area contributed by atoms with Gasteiger partial charge in [0.1, 0.15) is 0 Å². The number of ether oxygens (including phenoxy) is 2. The van der Waals surface area contributed by atoms with Gasteiger partial charge in [-0.2, -0.15) is 0 Å². The zero-order valence-corrected chi connectivity index (χ0v) is 14.1. The Morgan fingerprint density at radius 1 is 0.958 bits per heavy atom. The molecule has 118 valence electrons. The second-order valence-electron chi connectivity index (χ2n) is 5.98. The number of thiophene rings is 1. The first-order valence-corrected chi connectivity index (χ1v) is 8.55. The van der Waals surface area contributed by atoms with Gasteiger partial charge in [-0.25, -0.2) is 0 Å². The molecule has 2 aliphatic rings. The van der Waals surface area contributed by atoms with Crippen molar-refractivity contribution in [2.45, 2.75) is 5.79 Å². The third-order valence-corrected chi connectivity index (χ3v) is 6.16. The van der Waals surface area contributed by atoms with Crippen molar-refractivity contribution >= 4 is 34.0 Å². The van der Waals surface area contributed by atoms with Crippen LogP contribution in [0.1, 0.15) is 10.4 Å². The number of hydrogen-bond donors (Lipinski definition) is 0. The Hall–Kier alpha value is -2.27. The zero-order chi connectivity index (χ0) is 16.5. The van der Waals surface area contributed by atoms with Crippen LogP contribution in [0.3, 0.4) is 0 Å². The Morgan fingerprint density at radius 2 is 1.67 bits per heavy atom. The van der Waals surface area contributed by atoms with Crippen LogP contribution < -0.4 is 0 Å². The Kier molecular flexibility index (Phi) is 2.72. The Bertz CT molecular complexity index is 1050. The standard InChI is InChI=1S/C20H14O3S/c1-22-20(23-2)15(21)10-9-14-18(20)17-12-7-3-5-11-6-4-8-13(16(11)12)19(17)24-14/h3-10H,1-2H3. The van der Waals surface area contributed by atoms with Gasteiger partial charge in [-0.05, 0) is 28.5 Å². The maximum absolute atomic E-state index is 12.6. The Balaban J connectivity index is 1.94. The van der Waals surface area contributed by atoms with Crippen LogP contribution in [0.5, 0.6) is 0 Å². The highest BCUT2D eigenvalue weighted by atomic mass is 32.1. The highest BCUT2D eigenvalue weighted by Gasteiger charge is 2.48. The average Bonchev–Trinajstić information content (AvgIpc) is 3.14. The molecule has 1 aromatic heterocycles. The van der Waals surface area contributed by atoms with Gasteiger partial charge in [0.2, 0.25) is 5.78 Å². The number of hydrogen-bond acceptors (Lipinski definition) is 4. The van der Waals surface area contributed by atoms with Crippen LogP contribution in [0.25, 0.3) is 38.4 Å². The molecule has 1 heterocycles. The lowest BCUT2D eigenvalue weighted by atomic mass is 9.90. The number of benzene rings is 2. The van der Waals surface area contributed by atoms with E-state index in [1.807, 2.05) is 6.08 Å². The summed E-state index contributed by atoms with van der Waals surface area (Å²) in [6, 6.07) is 12.6. The van der Waals surface area contributed by atoms with E-state index >= 15 is 0 Å². The van der Waals surface area contributed by atoms with Crippen LogP contribution in [-0.4, -0.2) is 20.0 Å². The molecule has 5 rings (SSSR count). The average molecular weight is 334 g/mol. The summed E-state index contributed by atoms with van der Waals surface area (Å²) in [4.78, 5) is 14.8. The third-order valence-electron chi connectivity index (χ3n) is 4.97. The maximum Gasteiger partial charge on any atom is 0.262 e. The lowest BCUT2D eigenvalue weighted by molar-refractivity contribution is -0.209. The lowest BCUT2D eigenvalue weighted by Crippen LogP contribution is -2.40. The highest BCUT2D eigenvalue weighted by molar-refractivity contribution is 7.17. The predicted molar refractivity (Wildman–Crippen MR) is 96.0 cm³/mol. The number of rotatable bonds is 2. The topological polar surface area (TPSA) is 35.5 Å². The number of carbonyl (C=O) groups excluding carboxylic acids is 1. The van der Waals surface area contributed by atoms with Crippen LogP contribution in [0.2, 0.25) is 0 Å². The van der Waals surface area contributed by atoms with E-state index in [1.165, 1.54) is 35.4 Å². The molecule has 2 aromatic carbocycles. The van der Waals surface area contributed by atoms with Crippen LogP contribution in [0.15, 0.2) is 42.5 Å². The molecule has 0 aliphatic heterocycles. The summed E-state index contributed by atoms with van der Waals surface area (Å²) in [7, 11) is 3.05. The molecule has 0 fully saturated rings. The smallest absolute Gasteiger partial charge is 0.262 e. The minimum atomic E-state index is -1.36. The van der Waals surface area contributed by atoms with Gasteiger partial charge in [-0.15, -0.1) is 11.3 Å². The summed E-state index contributed by atoms with van der Waals surface area (Å²) in [6.07, 6.45) is 3.42. The largest absolute Gasteiger partial charge is 0.343 e. The molecule has 2 aliphatic carbocycles. The van der Waals surface area contributed by atoms with E-state index in [1.54, 1.807) is 17.4 Å². The van der Waals surface area contributed by atoms with Crippen molar-refractivity contribution in [1.29, 1.82) is 0 Å². The summed E-state index contributed by atoms with van der Waals surface area (Å²) in [5.74, 6) is -1.54. The molecule has 0 N–H and O–H groups in total. The van der Waals surface area contributed by atoms with Gasteiger partial charge in [-0.1, -0.05) is 36.4 Å². The minimum absolute atomic E-state index is 0.177. The van der Waals surface area contributed by atoms with E-state index in [0.29, 0.717) is 0 Å². The van der Waals surface area contributed by atoms with Crippen molar-refractivity contribution in [2.75, 3.05) is 14.2 Å². The normalized spacial score (nSPS) is 16.5. The van der Waals surface area contributed by atoms with E-state index in [0.717, 1.165) is 21.6 Å². The number of methoxy groups -OCH3 is 2. The zero-order valence-electron chi connectivity index (χ0n) is 13.3. The number of fused-ring (bicyclic) bond motifs is 5. The van der Waals surface area contributed by atoms with Gasteiger partial charge in [0.05, 0.1) is 0 Å². The molecule has 0 spiro atoms. The van der Waals surface area contributed by atoms with E-state index in [4.69, 9.17) is 9.47 Å². The van der Waals surface area contributed by atoms with Crippen LogP contribution >= 0.6 is 11.3 Å². The number of ketones is 1. The van der Waals surface area contributed by atoms with Gasteiger partial charge in [-0.3, -0.25) is 4.79 Å². The van der Waals surface area contributed by atoms with Crippen molar-refractivity contribution < 1.29 is 14.3 Å². The maximum atomic E-state index is 12.6. The SMILES string of the molecule is COC1(OC)C(=O)C=Cc2sc3c(c21)-c1cccc2cccc-3c12. The van der Waals surface area contributed by atoms with Gasteiger partial charge >= 0.3 is 0 Å². The number of carbonyl (C=O) groups is 1. The molecule has 4 heteroatoms. The van der Waals surface area contributed by atoms with Gasteiger partial charge < -0.3 is 9.47 Å². The fraction of sp³-hybridized carbons (Fsp3) is 0.150. The molecule has 0 saturated heterocycles. The lowest BCUT2D eigenvalue weighted by Gasteiger charge is -2.31. The van der Waals surface area contributed by atoms with Gasteiger partial charge in [0, 0.05) is 40.7 Å². The third kappa shape index (κ3) is 1.47. The second-order valence-corrected chi connectivity index (χ2v) is 7.03. The first-order valence-electron chi connectivity index (χ1n) is 7.74. The fourth-order valence-corrected chi connectivity index (χ4v) is 5.24. The van der Waals surface area contributed by atoms with Crippen molar-refractivity contribution in [1.82, 2.24) is 0 Å². The van der Waals surface area contributed by atoms with E-state index in [9.17, 15) is 4.79 Å². The Morgan fingerprint density at radius 3 is 2.38 bits per heavy atom. The summed E-state index contributed by atoms with van der Waals surface area (Å²) < 4.78 is 11.3. The molecular formula is C20H14O3S. The molecule has 3 aromatic rings. The summed E-state index contributed by atoms with van der Waals surface area (Å²) in [5.41, 5.74) is 4.28. The molecule has 0 atom stereocenters. The van der Waals surface area contributed by atoms with E-state index in [2.05, 4.69) is 36.4 Å². The van der Waals surface area contributed by atoms with E-state index in [-0.39, 0.29) is 5.78 Å². The highest BCUT2D eigenvalue weighted by Crippen LogP contribution is 2.57. The van der Waals surface area contributed by atoms with Crippen LogP contribution in [-0.2, 0) is 20.1 Å². The summed E-state index contributed by atoms with van der Waals surface area (Å²) in [5, 5.41) is 2.45. The molecule has 0 radical (unpaired) electrons. The van der Waals surface area contributed by atoms with E-state index < -0.39 is 5.79 Å². The minimum Gasteiger partial charge on any atom is -0.343 e.